The second-order valence-corrected chi connectivity index (χ2v) is 4.08. The van der Waals surface area contributed by atoms with E-state index in [0.717, 1.165) is 0 Å². The molecule has 19 heavy (non-hydrogen) atoms. The van der Waals surface area contributed by atoms with Gasteiger partial charge in [0.1, 0.15) is 0 Å². The van der Waals surface area contributed by atoms with Crippen molar-refractivity contribution < 1.29 is 19.8 Å². The number of aromatic nitrogens is 1. The summed E-state index contributed by atoms with van der Waals surface area (Å²) >= 11 is 5.99. The highest BCUT2D eigenvalue weighted by atomic mass is 35.5. The number of halogens is 1. The van der Waals surface area contributed by atoms with Crippen molar-refractivity contribution in [3.63, 3.8) is 0 Å². The number of hydrogen-bond donors (Lipinski definition) is 2. The topological polar surface area (TPSA) is 87.5 Å². The maximum Gasteiger partial charge on any atom is 0.337 e. The lowest BCUT2D eigenvalue weighted by atomic mass is 10.00. The van der Waals surface area contributed by atoms with E-state index in [-0.39, 0.29) is 27.4 Å². The first-order valence-corrected chi connectivity index (χ1v) is 5.60. The maximum absolute atomic E-state index is 11.2. The van der Waals surface area contributed by atoms with Gasteiger partial charge in [-0.25, -0.2) is 9.59 Å². The molecule has 0 aliphatic heterocycles. The average Bonchev–Trinajstić information content (AvgIpc) is 2.38. The minimum absolute atomic E-state index is 0.0398. The first kappa shape index (κ1) is 13.0. The fraction of sp³-hybridized carbons (Fsp3) is 0. The lowest BCUT2D eigenvalue weighted by molar-refractivity contribution is 0.0684. The Morgan fingerprint density at radius 1 is 1.00 bits per heavy atom. The monoisotopic (exact) mass is 277 g/mol. The molecule has 1 aromatic carbocycles. The van der Waals surface area contributed by atoms with Gasteiger partial charge in [0.05, 0.1) is 21.8 Å². The summed E-state index contributed by atoms with van der Waals surface area (Å²) in [5, 5.41) is 18.4. The molecular weight excluding hydrogens is 270 g/mol. The van der Waals surface area contributed by atoms with Crippen molar-refractivity contribution >= 4 is 23.5 Å². The van der Waals surface area contributed by atoms with Gasteiger partial charge in [-0.1, -0.05) is 17.7 Å². The summed E-state index contributed by atoms with van der Waals surface area (Å²) in [6.07, 6.45) is 1.39. The molecule has 2 rings (SSSR count). The molecule has 0 saturated heterocycles. The van der Waals surface area contributed by atoms with E-state index in [0.29, 0.717) is 0 Å². The molecule has 0 unspecified atom stereocenters. The van der Waals surface area contributed by atoms with Crippen LogP contribution in [0.5, 0.6) is 0 Å². The third-order valence-electron chi connectivity index (χ3n) is 2.52. The van der Waals surface area contributed by atoms with E-state index in [9.17, 15) is 9.59 Å². The third kappa shape index (κ3) is 2.41. The summed E-state index contributed by atoms with van der Waals surface area (Å²) in [4.78, 5) is 26.3. The molecule has 1 heterocycles. The predicted octanol–water partition coefficient (Wildman–Crippen LogP) is 2.80. The molecule has 0 amide bonds. The van der Waals surface area contributed by atoms with Gasteiger partial charge in [0.15, 0.2) is 0 Å². The number of aromatic carboxylic acids is 2. The van der Waals surface area contributed by atoms with E-state index in [1.165, 1.54) is 36.5 Å². The Balaban J connectivity index is 2.79. The molecule has 0 bridgehead atoms. The molecule has 0 fully saturated rings. The van der Waals surface area contributed by atoms with Crippen LogP contribution in [0.25, 0.3) is 11.3 Å². The van der Waals surface area contributed by atoms with Gasteiger partial charge >= 0.3 is 11.9 Å². The lowest BCUT2D eigenvalue weighted by Crippen LogP contribution is -2.06. The summed E-state index contributed by atoms with van der Waals surface area (Å²) in [6, 6.07) is 7.13. The number of hydrogen-bond acceptors (Lipinski definition) is 3. The Labute approximate surface area is 113 Å². The van der Waals surface area contributed by atoms with Gasteiger partial charge in [-0.05, 0) is 24.3 Å². The van der Waals surface area contributed by atoms with Crippen LogP contribution in [0.3, 0.4) is 0 Å². The molecule has 5 nitrogen and oxygen atoms in total. The van der Waals surface area contributed by atoms with Gasteiger partial charge in [-0.15, -0.1) is 0 Å². The standard InChI is InChI=1S/C13H8ClNO4/c14-9-5-1-3-7(12(16)17)10(9)11-8(13(18)19)4-2-6-15-11/h1-6H,(H,16,17)(H,18,19). The zero-order valence-corrected chi connectivity index (χ0v) is 10.3. The number of carboxylic acids is 2. The summed E-state index contributed by atoms with van der Waals surface area (Å²) in [6.45, 7) is 0. The Bertz CT molecular complexity index is 669. The van der Waals surface area contributed by atoms with Crippen molar-refractivity contribution in [1.82, 2.24) is 4.98 Å². The minimum atomic E-state index is -1.20. The second kappa shape index (κ2) is 5.07. The van der Waals surface area contributed by atoms with Gasteiger partial charge in [0.2, 0.25) is 0 Å². The SMILES string of the molecule is O=C(O)c1cccnc1-c1c(Cl)cccc1C(=O)O. The fourth-order valence-electron chi connectivity index (χ4n) is 1.72. The van der Waals surface area contributed by atoms with Crippen LogP contribution in [0.4, 0.5) is 0 Å². The zero-order chi connectivity index (χ0) is 14.0. The van der Waals surface area contributed by atoms with E-state index in [1.54, 1.807) is 0 Å². The predicted molar refractivity (Wildman–Crippen MR) is 68.6 cm³/mol. The lowest BCUT2D eigenvalue weighted by Gasteiger charge is -2.10. The van der Waals surface area contributed by atoms with E-state index >= 15 is 0 Å². The van der Waals surface area contributed by atoms with Crippen molar-refractivity contribution in [2.24, 2.45) is 0 Å². The smallest absolute Gasteiger partial charge is 0.337 e. The van der Waals surface area contributed by atoms with Crippen LogP contribution in [-0.4, -0.2) is 27.1 Å². The van der Waals surface area contributed by atoms with Crippen LogP contribution in [0, 0.1) is 0 Å². The maximum atomic E-state index is 11.2. The van der Waals surface area contributed by atoms with Crippen LogP contribution >= 0.6 is 11.6 Å². The van der Waals surface area contributed by atoms with Crippen LogP contribution in [0.2, 0.25) is 5.02 Å². The van der Waals surface area contributed by atoms with Gasteiger partial charge in [0, 0.05) is 11.8 Å². The first-order chi connectivity index (χ1) is 9.02. The molecule has 2 aromatic rings. The van der Waals surface area contributed by atoms with Crippen molar-refractivity contribution in [3.8, 4) is 11.3 Å². The van der Waals surface area contributed by atoms with Crippen LogP contribution < -0.4 is 0 Å². The average molecular weight is 278 g/mol. The van der Waals surface area contributed by atoms with E-state index in [1.807, 2.05) is 0 Å². The zero-order valence-electron chi connectivity index (χ0n) is 9.50. The van der Waals surface area contributed by atoms with Crippen molar-refractivity contribution in [3.05, 3.63) is 52.7 Å². The Kier molecular flexibility index (Phi) is 3.48. The van der Waals surface area contributed by atoms with Crippen LogP contribution in [0.1, 0.15) is 20.7 Å². The van der Waals surface area contributed by atoms with Gasteiger partial charge in [-0.2, -0.15) is 0 Å². The summed E-state index contributed by atoms with van der Waals surface area (Å²) in [5.41, 5.74) is -0.0422. The van der Waals surface area contributed by atoms with Gasteiger partial charge in [0.25, 0.3) is 0 Å². The highest BCUT2D eigenvalue weighted by Gasteiger charge is 2.21. The molecule has 0 saturated carbocycles. The molecule has 0 aliphatic rings. The number of carbonyl (C=O) groups is 2. The number of nitrogens with zero attached hydrogens (tertiary/aromatic N) is 1. The van der Waals surface area contributed by atoms with E-state index < -0.39 is 11.9 Å². The molecule has 96 valence electrons. The molecular formula is C13H8ClNO4. The summed E-state index contributed by atoms with van der Waals surface area (Å²) < 4.78 is 0. The minimum Gasteiger partial charge on any atom is -0.478 e. The van der Waals surface area contributed by atoms with Gasteiger partial charge < -0.3 is 10.2 Å². The normalized spacial score (nSPS) is 10.2. The third-order valence-corrected chi connectivity index (χ3v) is 2.83. The number of pyridine rings is 1. The molecule has 6 heteroatoms. The van der Waals surface area contributed by atoms with Crippen molar-refractivity contribution in [1.29, 1.82) is 0 Å². The van der Waals surface area contributed by atoms with Crippen molar-refractivity contribution in [2.75, 3.05) is 0 Å². The molecule has 0 spiro atoms. The molecule has 0 radical (unpaired) electrons. The fourth-order valence-corrected chi connectivity index (χ4v) is 1.98. The van der Waals surface area contributed by atoms with E-state index in [2.05, 4.69) is 4.98 Å². The highest BCUT2D eigenvalue weighted by molar-refractivity contribution is 6.34. The molecule has 0 aliphatic carbocycles. The highest BCUT2D eigenvalue weighted by Crippen LogP contribution is 2.32. The Hall–Kier alpha value is -2.40. The van der Waals surface area contributed by atoms with E-state index in [4.69, 9.17) is 21.8 Å². The van der Waals surface area contributed by atoms with Crippen molar-refractivity contribution in [2.45, 2.75) is 0 Å². The molecule has 2 N–H and O–H groups in total. The second-order valence-electron chi connectivity index (χ2n) is 3.67. The van der Waals surface area contributed by atoms with Crippen LogP contribution in [0.15, 0.2) is 36.5 Å². The van der Waals surface area contributed by atoms with Crippen LogP contribution in [-0.2, 0) is 0 Å². The summed E-state index contributed by atoms with van der Waals surface area (Å²) in [7, 11) is 0. The Morgan fingerprint density at radius 2 is 1.63 bits per heavy atom. The quantitative estimate of drug-likeness (QED) is 0.901. The Morgan fingerprint density at radius 3 is 2.26 bits per heavy atom. The first-order valence-electron chi connectivity index (χ1n) is 5.23. The number of benzene rings is 1. The number of carboxylic acid groups (broad SMARTS) is 2. The molecule has 0 atom stereocenters. The number of rotatable bonds is 3. The molecule has 1 aromatic heterocycles. The largest absolute Gasteiger partial charge is 0.478 e. The van der Waals surface area contributed by atoms with Gasteiger partial charge in [-0.3, -0.25) is 4.98 Å². The summed E-state index contributed by atoms with van der Waals surface area (Å²) in [5.74, 6) is -2.39.